The summed E-state index contributed by atoms with van der Waals surface area (Å²) in [5, 5.41) is 26.2. The lowest BCUT2D eigenvalue weighted by molar-refractivity contribution is -0.134. The fraction of sp³-hybridized carbons (Fsp3) is 0.355. The number of nitrogens with zero attached hydrogens (tertiary/aromatic N) is 4. The molecule has 3 heterocycles. The van der Waals surface area contributed by atoms with E-state index in [1.165, 1.54) is 0 Å². The van der Waals surface area contributed by atoms with Gasteiger partial charge in [-0.2, -0.15) is 0 Å². The molecule has 14 heteroatoms. The van der Waals surface area contributed by atoms with E-state index in [0.717, 1.165) is 75.2 Å². The number of aromatic nitrogens is 4. The zero-order chi connectivity index (χ0) is 32.4. The summed E-state index contributed by atoms with van der Waals surface area (Å²) in [5.41, 5.74) is 3.29. The Hall–Kier alpha value is -4.56. The minimum atomic E-state index is -0.453. The molecule has 2 aromatic heterocycles. The van der Waals surface area contributed by atoms with Gasteiger partial charge < -0.3 is 29.7 Å². The van der Waals surface area contributed by atoms with Gasteiger partial charge in [-0.15, -0.1) is 20.4 Å². The maximum absolute atomic E-state index is 11.2. The number of fused-ring (bicyclic) bond motifs is 1. The van der Waals surface area contributed by atoms with Crippen LogP contribution in [0.4, 0.5) is 10.3 Å². The molecule has 4 aromatic rings. The minimum Gasteiger partial charge on any atom is -0.459 e. The molecule has 0 bridgehead atoms. The Morgan fingerprint density at radius 3 is 2.00 bits per heavy atom. The van der Waals surface area contributed by atoms with Crippen LogP contribution in [-0.4, -0.2) is 59.5 Å². The Kier molecular flexibility index (Phi) is 14.7. The molecule has 0 saturated heterocycles. The fourth-order valence-electron chi connectivity index (χ4n) is 4.30. The van der Waals surface area contributed by atoms with Crippen molar-refractivity contribution >= 4 is 58.0 Å². The number of rotatable bonds is 14. The van der Waals surface area contributed by atoms with Crippen molar-refractivity contribution in [2.75, 3.05) is 24.7 Å². The highest BCUT2D eigenvalue weighted by molar-refractivity contribution is 7.15. The van der Waals surface area contributed by atoms with Crippen LogP contribution in [0.3, 0.4) is 0 Å². The summed E-state index contributed by atoms with van der Waals surface area (Å²) in [6.45, 7) is 2.29. The van der Waals surface area contributed by atoms with Crippen molar-refractivity contribution in [2.45, 2.75) is 57.7 Å². The summed E-state index contributed by atoms with van der Waals surface area (Å²) < 4.78 is 9.84. The van der Waals surface area contributed by atoms with E-state index in [4.69, 9.17) is 9.47 Å². The normalized spacial score (nSPS) is 13.5. The first kappa shape index (κ1) is 34.9. The van der Waals surface area contributed by atoms with Gasteiger partial charge in [-0.3, -0.25) is 4.79 Å². The molecule has 2 unspecified atom stereocenters. The first-order chi connectivity index (χ1) is 21.9. The first-order valence-electron chi connectivity index (χ1n) is 14.3. The van der Waals surface area contributed by atoms with Crippen molar-refractivity contribution in [3.63, 3.8) is 0 Å². The molecule has 0 saturated carbocycles. The number of hydrogen-bond donors (Lipinski definition) is 2. The van der Waals surface area contributed by atoms with Gasteiger partial charge >= 0.3 is 5.97 Å². The third-order valence-corrected chi connectivity index (χ3v) is 8.55. The zero-order valence-electron chi connectivity index (χ0n) is 25.3. The Labute approximate surface area is 269 Å². The quantitative estimate of drug-likeness (QED) is 0.103. The minimum absolute atomic E-state index is 0.198. The van der Waals surface area contributed by atoms with E-state index in [-0.39, 0.29) is 24.9 Å². The number of anilines is 2. The average molecular weight is 653 g/mol. The molecule has 0 radical (unpaired) electrons. The average Bonchev–Trinajstić information content (AvgIpc) is 3.80. The van der Waals surface area contributed by atoms with Gasteiger partial charge in [0, 0.05) is 45.3 Å². The van der Waals surface area contributed by atoms with Crippen LogP contribution < -0.4 is 10.6 Å². The van der Waals surface area contributed by atoms with Crippen molar-refractivity contribution in [3.05, 3.63) is 80.8 Å². The van der Waals surface area contributed by atoms with E-state index >= 15 is 0 Å². The van der Waals surface area contributed by atoms with Crippen LogP contribution in [0.1, 0.15) is 75.0 Å². The van der Waals surface area contributed by atoms with E-state index in [9.17, 15) is 19.2 Å². The van der Waals surface area contributed by atoms with E-state index in [1.807, 2.05) is 57.4 Å². The molecule has 5 rings (SSSR count). The summed E-state index contributed by atoms with van der Waals surface area (Å²) in [5.74, 6) is -0.331. The summed E-state index contributed by atoms with van der Waals surface area (Å²) in [6.07, 6.45) is 5.30. The van der Waals surface area contributed by atoms with Gasteiger partial charge in [-0.1, -0.05) is 65.1 Å². The van der Waals surface area contributed by atoms with Gasteiger partial charge in [0.25, 0.3) is 6.47 Å². The summed E-state index contributed by atoms with van der Waals surface area (Å²) in [4.78, 5) is 42.1. The monoisotopic (exact) mass is 652 g/mol. The largest absolute Gasteiger partial charge is 0.459 e. The summed E-state index contributed by atoms with van der Waals surface area (Å²) in [6, 6.07) is 14.7. The van der Waals surface area contributed by atoms with E-state index in [1.54, 1.807) is 34.8 Å². The highest BCUT2D eigenvalue weighted by atomic mass is 32.1. The van der Waals surface area contributed by atoms with Gasteiger partial charge in [0.15, 0.2) is 0 Å². The molecule has 2 aromatic carbocycles. The number of ether oxygens (including phenoxy) is 2. The van der Waals surface area contributed by atoms with E-state index < -0.39 is 6.10 Å². The third-order valence-electron chi connectivity index (χ3n) is 6.55. The predicted molar refractivity (Wildman–Crippen MR) is 173 cm³/mol. The van der Waals surface area contributed by atoms with E-state index in [0.29, 0.717) is 12.0 Å². The SMILES string of the molecule is CNc1nnc(CCCCc2nnc(NC)s2)s1.Cc1ccccc1C(CC=O)OC=O.O=CCC1OC(=O)c2ccccc21. The zero-order valence-corrected chi connectivity index (χ0v) is 26.9. The number of aldehydes is 2. The van der Waals surface area contributed by atoms with Crippen LogP contribution in [0.25, 0.3) is 0 Å². The molecule has 238 valence electrons. The molecule has 12 nitrogen and oxygen atoms in total. The lowest BCUT2D eigenvalue weighted by Gasteiger charge is -2.14. The Balaban J connectivity index is 0.000000187. The molecular formula is C31H36N6O6S2. The van der Waals surface area contributed by atoms with Crippen LogP contribution in [0.2, 0.25) is 0 Å². The molecule has 45 heavy (non-hydrogen) atoms. The second-order valence-electron chi connectivity index (χ2n) is 9.57. The van der Waals surface area contributed by atoms with Crippen LogP contribution >= 0.6 is 22.7 Å². The van der Waals surface area contributed by atoms with Crippen molar-refractivity contribution in [1.82, 2.24) is 20.4 Å². The maximum Gasteiger partial charge on any atom is 0.339 e. The number of carbonyl (C=O) groups is 4. The van der Waals surface area contributed by atoms with Crippen molar-refractivity contribution in [2.24, 2.45) is 0 Å². The number of esters is 1. The van der Waals surface area contributed by atoms with Crippen molar-refractivity contribution < 1.29 is 28.7 Å². The van der Waals surface area contributed by atoms with Crippen LogP contribution in [0.5, 0.6) is 0 Å². The number of cyclic esters (lactones) is 1. The van der Waals surface area contributed by atoms with Crippen LogP contribution in [0, 0.1) is 6.92 Å². The molecule has 0 amide bonds. The van der Waals surface area contributed by atoms with Gasteiger partial charge in [0.2, 0.25) is 10.3 Å². The summed E-state index contributed by atoms with van der Waals surface area (Å²) >= 11 is 3.24. The highest BCUT2D eigenvalue weighted by Crippen LogP contribution is 2.31. The number of aryl methyl sites for hydroxylation is 3. The Morgan fingerprint density at radius 2 is 1.47 bits per heavy atom. The lowest BCUT2D eigenvalue weighted by atomic mass is 10.0. The molecule has 2 N–H and O–H groups in total. The number of unbranched alkanes of at least 4 members (excludes halogenated alkanes) is 1. The van der Waals surface area contributed by atoms with Gasteiger partial charge in [0.05, 0.1) is 5.56 Å². The molecule has 1 aliphatic rings. The van der Waals surface area contributed by atoms with Crippen molar-refractivity contribution in [1.29, 1.82) is 0 Å². The van der Waals surface area contributed by atoms with E-state index in [2.05, 4.69) is 31.0 Å². The standard InChI is InChI=1S/C11H12O3.C10H16N6S2.C10H8O3/c1-9-4-2-3-5-10(9)11(6-7-12)14-8-13;1-11-9-15-13-7(17-9)5-3-4-6-8-14-16-10(12-2)18-8;11-6-5-9-7-3-1-2-4-8(7)10(12)13-9/h2-5,7-8,11H,6H2,1H3;3-6H2,1-2H3,(H,11,15)(H,12,16);1-4,6,9H,5H2. The molecule has 0 fully saturated rings. The molecular weight excluding hydrogens is 617 g/mol. The maximum atomic E-state index is 11.2. The van der Waals surface area contributed by atoms with Gasteiger partial charge in [-0.05, 0) is 37.0 Å². The molecule has 1 aliphatic heterocycles. The second-order valence-corrected chi connectivity index (χ2v) is 11.7. The topological polar surface area (TPSA) is 162 Å². The van der Waals surface area contributed by atoms with Gasteiger partial charge in [0.1, 0.15) is 34.8 Å². The number of nitrogens with one attached hydrogen (secondary N) is 2. The lowest BCUT2D eigenvalue weighted by Crippen LogP contribution is -2.05. The Morgan fingerprint density at radius 1 is 0.867 bits per heavy atom. The first-order valence-corrected chi connectivity index (χ1v) is 15.9. The predicted octanol–water partition coefficient (Wildman–Crippen LogP) is 5.32. The number of hydrogen-bond acceptors (Lipinski definition) is 14. The fourth-order valence-corrected chi connectivity index (χ4v) is 5.77. The number of benzene rings is 2. The Bertz CT molecular complexity index is 1470. The molecule has 2 atom stereocenters. The third kappa shape index (κ3) is 10.8. The second kappa shape index (κ2) is 19.0. The number of carbonyl (C=O) groups excluding carboxylic acids is 4. The smallest absolute Gasteiger partial charge is 0.339 e. The molecule has 0 aliphatic carbocycles. The highest BCUT2D eigenvalue weighted by Gasteiger charge is 2.29. The van der Waals surface area contributed by atoms with Crippen LogP contribution in [-0.2, 0) is 36.7 Å². The van der Waals surface area contributed by atoms with Crippen molar-refractivity contribution in [3.8, 4) is 0 Å². The van der Waals surface area contributed by atoms with Crippen LogP contribution in [0.15, 0.2) is 48.5 Å². The summed E-state index contributed by atoms with van der Waals surface area (Å²) in [7, 11) is 3.72. The molecule has 0 spiro atoms. The van der Waals surface area contributed by atoms with Gasteiger partial charge in [-0.25, -0.2) is 4.79 Å².